The molecule has 0 radical (unpaired) electrons. The topological polar surface area (TPSA) is 55.8 Å². The van der Waals surface area contributed by atoms with Gasteiger partial charge in [0, 0.05) is 6.42 Å². The van der Waals surface area contributed by atoms with Gasteiger partial charge in [0.05, 0.1) is 19.2 Å². The average molecular weight is 435 g/mol. The zero-order valence-electron chi connectivity index (χ0n) is 17.7. The molecule has 0 aromatic heterocycles. The number of carbonyl (C=O) groups is 2. The molecule has 1 heterocycles. The monoisotopic (exact) mass is 435 g/mol. The number of hydrogen-bond acceptors (Lipinski definition) is 4. The molecule has 1 aliphatic heterocycles. The van der Waals surface area contributed by atoms with Crippen molar-refractivity contribution in [3.05, 3.63) is 59.2 Å². The second-order valence-corrected chi connectivity index (χ2v) is 8.41. The highest BCUT2D eigenvalue weighted by atomic mass is 19.4. The van der Waals surface area contributed by atoms with Gasteiger partial charge in [-0.3, -0.25) is 4.90 Å². The van der Waals surface area contributed by atoms with Crippen molar-refractivity contribution >= 4 is 12.1 Å². The summed E-state index contributed by atoms with van der Waals surface area (Å²) in [6.45, 7) is 5.33. The highest BCUT2D eigenvalue weighted by Gasteiger charge is 2.38. The fourth-order valence-corrected chi connectivity index (χ4v) is 3.50. The van der Waals surface area contributed by atoms with Crippen LogP contribution < -0.4 is 0 Å². The third-order valence-electron chi connectivity index (χ3n) is 4.96. The predicted octanol–water partition coefficient (Wildman–Crippen LogP) is 5.21. The van der Waals surface area contributed by atoms with Crippen LogP contribution in [-0.2, 0) is 33.4 Å². The molecule has 166 valence electrons. The molecule has 31 heavy (non-hydrogen) atoms. The summed E-state index contributed by atoms with van der Waals surface area (Å²) in [5, 5.41) is 0. The minimum absolute atomic E-state index is 0.132. The van der Waals surface area contributed by atoms with Crippen LogP contribution in [-0.4, -0.2) is 35.7 Å². The number of alkyl halides is 3. The van der Waals surface area contributed by atoms with E-state index in [2.05, 4.69) is 0 Å². The molecule has 1 aliphatic rings. The van der Waals surface area contributed by atoms with Gasteiger partial charge in [-0.1, -0.05) is 30.3 Å². The molecule has 0 spiro atoms. The second-order valence-electron chi connectivity index (χ2n) is 8.41. The SMILES string of the molecule is COC(=O)C1Cc2cc(-c3cccc(C(F)(F)F)c3)ccc2CN1C(=O)OC(C)(C)C. The van der Waals surface area contributed by atoms with Crippen molar-refractivity contribution in [1.82, 2.24) is 4.90 Å². The number of nitrogens with zero attached hydrogens (tertiary/aromatic N) is 1. The maximum absolute atomic E-state index is 13.1. The fraction of sp³-hybridized carbons (Fsp3) is 0.391. The predicted molar refractivity (Wildman–Crippen MR) is 108 cm³/mol. The van der Waals surface area contributed by atoms with Gasteiger partial charge in [0.2, 0.25) is 0 Å². The van der Waals surface area contributed by atoms with Crippen LogP contribution in [0, 0.1) is 0 Å². The maximum atomic E-state index is 13.1. The molecule has 0 aliphatic carbocycles. The first-order valence-electron chi connectivity index (χ1n) is 9.76. The van der Waals surface area contributed by atoms with Crippen molar-refractivity contribution in [3.8, 4) is 11.1 Å². The van der Waals surface area contributed by atoms with E-state index in [1.165, 1.54) is 18.1 Å². The lowest BCUT2D eigenvalue weighted by atomic mass is 9.90. The zero-order valence-corrected chi connectivity index (χ0v) is 17.7. The largest absolute Gasteiger partial charge is 0.467 e. The summed E-state index contributed by atoms with van der Waals surface area (Å²) in [4.78, 5) is 26.4. The molecule has 0 fully saturated rings. The number of methoxy groups -OCH3 is 1. The van der Waals surface area contributed by atoms with Crippen molar-refractivity contribution in [2.75, 3.05) is 7.11 Å². The van der Waals surface area contributed by atoms with E-state index in [9.17, 15) is 22.8 Å². The normalized spacial score (nSPS) is 16.5. The van der Waals surface area contributed by atoms with Crippen LogP contribution in [0.5, 0.6) is 0 Å². The maximum Gasteiger partial charge on any atom is 0.416 e. The Morgan fingerprint density at radius 3 is 2.29 bits per heavy atom. The second kappa shape index (κ2) is 8.24. The molecule has 2 aromatic carbocycles. The number of ether oxygens (including phenoxy) is 2. The summed E-state index contributed by atoms with van der Waals surface area (Å²) < 4.78 is 49.5. The minimum Gasteiger partial charge on any atom is -0.467 e. The standard InChI is InChI=1S/C23H24F3NO4/c1-22(2,3)31-21(29)27-13-16-9-8-15(10-17(16)12-19(27)20(28)30-4)14-6-5-7-18(11-14)23(24,25)26/h5-11,19H,12-13H2,1-4H3. The van der Waals surface area contributed by atoms with Crippen molar-refractivity contribution in [2.45, 2.75) is 51.6 Å². The zero-order chi connectivity index (χ0) is 23.0. The number of halogens is 3. The van der Waals surface area contributed by atoms with Gasteiger partial charge in [0.15, 0.2) is 0 Å². The Balaban J connectivity index is 1.95. The Kier molecular flexibility index (Phi) is 6.02. The van der Waals surface area contributed by atoms with E-state index >= 15 is 0 Å². The van der Waals surface area contributed by atoms with Gasteiger partial charge in [-0.15, -0.1) is 0 Å². The number of rotatable bonds is 2. The van der Waals surface area contributed by atoms with Crippen LogP contribution in [0.2, 0.25) is 0 Å². The Labute approximate surface area is 178 Å². The first-order chi connectivity index (χ1) is 14.4. The number of carbonyl (C=O) groups excluding carboxylic acids is 2. The third kappa shape index (κ3) is 5.18. The number of hydrogen-bond donors (Lipinski definition) is 0. The van der Waals surface area contributed by atoms with Gasteiger partial charge < -0.3 is 9.47 Å². The molecule has 0 saturated heterocycles. The number of fused-ring (bicyclic) bond motifs is 1. The Hall–Kier alpha value is -3.03. The van der Waals surface area contributed by atoms with E-state index in [0.717, 1.165) is 23.3 Å². The van der Waals surface area contributed by atoms with E-state index < -0.39 is 35.4 Å². The highest BCUT2D eigenvalue weighted by molar-refractivity contribution is 5.83. The lowest BCUT2D eigenvalue weighted by Gasteiger charge is -2.36. The van der Waals surface area contributed by atoms with Crippen LogP contribution in [0.3, 0.4) is 0 Å². The molecule has 1 unspecified atom stereocenters. The van der Waals surface area contributed by atoms with E-state index in [1.807, 2.05) is 0 Å². The summed E-state index contributed by atoms with van der Waals surface area (Å²) in [6.07, 6.45) is -4.89. The lowest BCUT2D eigenvalue weighted by Crippen LogP contribution is -2.50. The minimum atomic E-state index is -4.44. The van der Waals surface area contributed by atoms with Crippen molar-refractivity contribution in [2.24, 2.45) is 0 Å². The molecular formula is C23H24F3NO4. The summed E-state index contributed by atoms with van der Waals surface area (Å²) >= 11 is 0. The Morgan fingerprint density at radius 2 is 1.68 bits per heavy atom. The number of esters is 1. The van der Waals surface area contributed by atoms with E-state index in [1.54, 1.807) is 45.0 Å². The lowest BCUT2D eigenvalue weighted by molar-refractivity contribution is -0.147. The van der Waals surface area contributed by atoms with Crippen LogP contribution >= 0.6 is 0 Å². The molecule has 0 bridgehead atoms. The molecule has 5 nitrogen and oxygen atoms in total. The van der Waals surface area contributed by atoms with E-state index in [-0.39, 0.29) is 13.0 Å². The van der Waals surface area contributed by atoms with E-state index in [4.69, 9.17) is 9.47 Å². The number of benzene rings is 2. The molecular weight excluding hydrogens is 411 g/mol. The quantitative estimate of drug-likeness (QED) is 0.608. The Bertz CT molecular complexity index is 995. The highest BCUT2D eigenvalue weighted by Crippen LogP contribution is 2.34. The molecule has 3 rings (SSSR count). The summed E-state index contributed by atoms with van der Waals surface area (Å²) in [5.41, 5.74) is 1.12. The first-order valence-corrected chi connectivity index (χ1v) is 9.76. The summed E-state index contributed by atoms with van der Waals surface area (Å²) in [7, 11) is 1.24. The fourth-order valence-electron chi connectivity index (χ4n) is 3.50. The molecule has 0 N–H and O–H groups in total. The van der Waals surface area contributed by atoms with Crippen LogP contribution in [0.15, 0.2) is 42.5 Å². The van der Waals surface area contributed by atoms with Gasteiger partial charge >= 0.3 is 18.2 Å². The number of amides is 1. The van der Waals surface area contributed by atoms with E-state index in [0.29, 0.717) is 11.1 Å². The van der Waals surface area contributed by atoms with Crippen molar-refractivity contribution in [3.63, 3.8) is 0 Å². The van der Waals surface area contributed by atoms with Crippen LogP contribution in [0.4, 0.5) is 18.0 Å². The molecule has 2 aromatic rings. The first kappa shape index (κ1) is 22.7. The smallest absolute Gasteiger partial charge is 0.416 e. The van der Waals surface area contributed by atoms with Gasteiger partial charge in [0.1, 0.15) is 11.6 Å². The Morgan fingerprint density at radius 1 is 1.00 bits per heavy atom. The average Bonchev–Trinajstić information content (AvgIpc) is 2.70. The van der Waals surface area contributed by atoms with Crippen LogP contribution in [0.1, 0.15) is 37.5 Å². The van der Waals surface area contributed by atoms with Gasteiger partial charge in [-0.05, 0) is 55.2 Å². The third-order valence-corrected chi connectivity index (χ3v) is 4.96. The van der Waals surface area contributed by atoms with Crippen molar-refractivity contribution in [1.29, 1.82) is 0 Å². The molecule has 0 saturated carbocycles. The molecule has 1 atom stereocenters. The molecule has 1 amide bonds. The summed E-state index contributed by atoms with van der Waals surface area (Å²) in [5.74, 6) is -0.582. The summed E-state index contributed by atoms with van der Waals surface area (Å²) in [6, 6.07) is 9.42. The van der Waals surface area contributed by atoms with Gasteiger partial charge in [-0.25, -0.2) is 9.59 Å². The van der Waals surface area contributed by atoms with Gasteiger partial charge in [0.25, 0.3) is 0 Å². The van der Waals surface area contributed by atoms with Gasteiger partial charge in [-0.2, -0.15) is 13.2 Å². The van der Waals surface area contributed by atoms with Crippen LogP contribution in [0.25, 0.3) is 11.1 Å². The molecule has 8 heteroatoms. The van der Waals surface area contributed by atoms with Crippen molar-refractivity contribution < 1.29 is 32.2 Å².